The lowest BCUT2D eigenvalue weighted by atomic mass is 9.82. The molecule has 82 valence electrons. The standard InChI is InChI=1S/C12H15BrClN/c1-8-4-11(5-8)15-7-9-2-3-10(14)6-12(9)13/h2-3,6,8,11,15H,4-5,7H2,1H3. The van der Waals surface area contributed by atoms with Gasteiger partial charge >= 0.3 is 0 Å². The molecule has 1 fully saturated rings. The fourth-order valence-corrected chi connectivity index (χ4v) is 2.81. The first-order chi connectivity index (χ1) is 7.15. The molecule has 1 aromatic carbocycles. The van der Waals surface area contributed by atoms with Crippen LogP contribution in [0, 0.1) is 5.92 Å². The summed E-state index contributed by atoms with van der Waals surface area (Å²) in [4.78, 5) is 0. The molecule has 3 heteroatoms. The van der Waals surface area contributed by atoms with Crippen molar-refractivity contribution in [3.05, 3.63) is 33.3 Å². The Balaban J connectivity index is 1.88. The minimum absolute atomic E-state index is 0.711. The van der Waals surface area contributed by atoms with Crippen LogP contribution in [0.2, 0.25) is 5.02 Å². The Morgan fingerprint density at radius 1 is 1.47 bits per heavy atom. The highest BCUT2D eigenvalue weighted by Crippen LogP contribution is 2.27. The lowest BCUT2D eigenvalue weighted by Gasteiger charge is -2.33. The first kappa shape index (κ1) is 11.4. The maximum Gasteiger partial charge on any atom is 0.0417 e. The van der Waals surface area contributed by atoms with E-state index in [1.807, 2.05) is 12.1 Å². The zero-order valence-electron chi connectivity index (χ0n) is 8.76. The molecule has 1 nitrogen and oxygen atoms in total. The Bertz CT molecular complexity index is 347. The van der Waals surface area contributed by atoms with Gasteiger partial charge in [-0.1, -0.05) is 40.5 Å². The van der Waals surface area contributed by atoms with Gasteiger partial charge < -0.3 is 5.32 Å². The van der Waals surface area contributed by atoms with Crippen molar-refractivity contribution in [2.45, 2.75) is 32.4 Å². The second kappa shape index (κ2) is 4.86. The molecular weight excluding hydrogens is 273 g/mol. The molecule has 1 N–H and O–H groups in total. The van der Waals surface area contributed by atoms with Crippen LogP contribution in [0.4, 0.5) is 0 Å². The Labute approximate surface area is 104 Å². The molecule has 0 amide bonds. The van der Waals surface area contributed by atoms with Gasteiger partial charge in [-0.25, -0.2) is 0 Å². The minimum Gasteiger partial charge on any atom is -0.310 e. The molecule has 0 aliphatic heterocycles. The second-order valence-corrected chi connectivity index (χ2v) is 5.68. The van der Waals surface area contributed by atoms with E-state index in [2.05, 4.69) is 34.2 Å². The molecule has 1 aliphatic rings. The number of hydrogen-bond acceptors (Lipinski definition) is 1. The number of benzene rings is 1. The molecule has 0 radical (unpaired) electrons. The van der Waals surface area contributed by atoms with E-state index in [0.717, 1.165) is 22.0 Å². The van der Waals surface area contributed by atoms with E-state index in [1.54, 1.807) is 0 Å². The van der Waals surface area contributed by atoms with Crippen molar-refractivity contribution in [1.29, 1.82) is 0 Å². The maximum absolute atomic E-state index is 5.89. The maximum atomic E-state index is 5.89. The number of nitrogens with one attached hydrogen (secondary N) is 1. The largest absolute Gasteiger partial charge is 0.310 e. The number of rotatable bonds is 3. The van der Waals surface area contributed by atoms with Gasteiger partial charge in [-0.15, -0.1) is 0 Å². The Hall–Kier alpha value is -0.0500. The van der Waals surface area contributed by atoms with E-state index in [0.29, 0.717) is 6.04 Å². The van der Waals surface area contributed by atoms with Crippen molar-refractivity contribution in [2.24, 2.45) is 5.92 Å². The highest BCUT2D eigenvalue weighted by atomic mass is 79.9. The van der Waals surface area contributed by atoms with Crippen LogP contribution in [0.15, 0.2) is 22.7 Å². The summed E-state index contributed by atoms with van der Waals surface area (Å²) in [6.45, 7) is 3.23. The van der Waals surface area contributed by atoms with Crippen molar-refractivity contribution < 1.29 is 0 Å². The summed E-state index contributed by atoms with van der Waals surface area (Å²) in [5, 5.41) is 4.33. The van der Waals surface area contributed by atoms with E-state index in [9.17, 15) is 0 Å². The van der Waals surface area contributed by atoms with Gasteiger partial charge in [-0.05, 0) is 36.5 Å². The van der Waals surface area contributed by atoms with Crippen LogP contribution in [0.5, 0.6) is 0 Å². The smallest absolute Gasteiger partial charge is 0.0417 e. The monoisotopic (exact) mass is 287 g/mol. The topological polar surface area (TPSA) is 12.0 Å². The third-order valence-electron chi connectivity index (χ3n) is 2.97. The second-order valence-electron chi connectivity index (χ2n) is 4.39. The third kappa shape index (κ3) is 2.96. The molecule has 0 heterocycles. The summed E-state index contributed by atoms with van der Waals surface area (Å²) >= 11 is 9.41. The van der Waals surface area contributed by atoms with Crippen molar-refractivity contribution in [3.63, 3.8) is 0 Å². The van der Waals surface area contributed by atoms with E-state index < -0.39 is 0 Å². The van der Waals surface area contributed by atoms with Gasteiger partial charge in [0.25, 0.3) is 0 Å². The molecule has 0 bridgehead atoms. The molecule has 0 saturated heterocycles. The van der Waals surface area contributed by atoms with Crippen LogP contribution in [-0.2, 0) is 6.54 Å². The Kier molecular flexibility index (Phi) is 3.70. The molecule has 1 aliphatic carbocycles. The zero-order valence-corrected chi connectivity index (χ0v) is 11.1. The van der Waals surface area contributed by atoms with Gasteiger partial charge in [0, 0.05) is 22.1 Å². The van der Waals surface area contributed by atoms with Gasteiger partial charge in [0.05, 0.1) is 0 Å². The van der Waals surface area contributed by atoms with E-state index >= 15 is 0 Å². The first-order valence-corrected chi connectivity index (χ1v) is 6.49. The van der Waals surface area contributed by atoms with Gasteiger partial charge in [-0.3, -0.25) is 0 Å². The summed E-state index contributed by atoms with van der Waals surface area (Å²) in [6, 6.07) is 6.67. The van der Waals surface area contributed by atoms with Gasteiger partial charge in [-0.2, -0.15) is 0 Å². The van der Waals surface area contributed by atoms with Crippen LogP contribution in [0.3, 0.4) is 0 Å². The van der Waals surface area contributed by atoms with E-state index in [4.69, 9.17) is 11.6 Å². The van der Waals surface area contributed by atoms with Crippen LogP contribution in [0.1, 0.15) is 25.3 Å². The van der Waals surface area contributed by atoms with Crippen molar-refractivity contribution in [1.82, 2.24) is 5.32 Å². The predicted octanol–water partition coefficient (Wildman–Crippen LogP) is 3.99. The van der Waals surface area contributed by atoms with Crippen LogP contribution < -0.4 is 5.32 Å². The van der Waals surface area contributed by atoms with Gasteiger partial charge in [0.15, 0.2) is 0 Å². The van der Waals surface area contributed by atoms with Crippen LogP contribution >= 0.6 is 27.5 Å². The molecular formula is C12H15BrClN. The zero-order chi connectivity index (χ0) is 10.8. The average Bonchev–Trinajstić information content (AvgIpc) is 2.13. The molecule has 1 saturated carbocycles. The minimum atomic E-state index is 0.711. The summed E-state index contributed by atoms with van der Waals surface area (Å²) in [7, 11) is 0. The lowest BCUT2D eigenvalue weighted by molar-refractivity contribution is 0.240. The molecule has 15 heavy (non-hydrogen) atoms. The van der Waals surface area contributed by atoms with Crippen LogP contribution in [-0.4, -0.2) is 6.04 Å². The highest BCUT2D eigenvalue weighted by Gasteiger charge is 2.24. The van der Waals surface area contributed by atoms with E-state index in [-0.39, 0.29) is 0 Å². The lowest BCUT2D eigenvalue weighted by Crippen LogP contribution is -2.39. The summed E-state index contributed by atoms with van der Waals surface area (Å²) in [5.41, 5.74) is 1.28. The van der Waals surface area contributed by atoms with Gasteiger partial charge in [0.1, 0.15) is 0 Å². The van der Waals surface area contributed by atoms with Gasteiger partial charge in [0.2, 0.25) is 0 Å². The molecule has 1 aromatic rings. The van der Waals surface area contributed by atoms with Crippen LogP contribution in [0.25, 0.3) is 0 Å². The number of halogens is 2. The molecule has 0 aromatic heterocycles. The average molecular weight is 289 g/mol. The summed E-state index contributed by atoms with van der Waals surface area (Å²) in [6.07, 6.45) is 2.62. The third-order valence-corrected chi connectivity index (χ3v) is 3.94. The highest BCUT2D eigenvalue weighted by molar-refractivity contribution is 9.10. The molecule has 0 spiro atoms. The SMILES string of the molecule is CC1CC(NCc2ccc(Cl)cc2Br)C1. The fraction of sp³-hybridized carbons (Fsp3) is 0.500. The fourth-order valence-electron chi connectivity index (χ4n) is 1.99. The molecule has 0 atom stereocenters. The van der Waals surface area contributed by atoms with Crippen molar-refractivity contribution in [3.8, 4) is 0 Å². The van der Waals surface area contributed by atoms with Crippen molar-refractivity contribution in [2.75, 3.05) is 0 Å². The summed E-state index contributed by atoms with van der Waals surface area (Å²) < 4.78 is 1.09. The van der Waals surface area contributed by atoms with E-state index in [1.165, 1.54) is 18.4 Å². The number of hydrogen-bond donors (Lipinski definition) is 1. The Morgan fingerprint density at radius 2 is 2.20 bits per heavy atom. The summed E-state index contributed by atoms with van der Waals surface area (Å²) in [5.74, 6) is 0.899. The predicted molar refractivity (Wildman–Crippen MR) is 68.2 cm³/mol. The first-order valence-electron chi connectivity index (χ1n) is 5.32. The molecule has 2 rings (SSSR count). The normalized spacial score (nSPS) is 25.0. The Morgan fingerprint density at radius 3 is 2.80 bits per heavy atom. The molecule has 0 unspecified atom stereocenters. The quantitative estimate of drug-likeness (QED) is 0.887. The van der Waals surface area contributed by atoms with Crippen molar-refractivity contribution >= 4 is 27.5 Å².